The van der Waals surface area contributed by atoms with Crippen molar-refractivity contribution in [2.24, 2.45) is 0 Å². The number of likely N-dealkylation sites (N-methyl/N-ethyl adjacent to an activating group) is 1. The van der Waals surface area contributed by atoms with Gasteiger partial charge in [-0.15, -0.1) is 0 Å². The van der Waals surface area contributed by atoms with Crippen LogP contribution >= 0.6 is 0 Å². The number of hydrogen-bond donors (Lipinski definition) is 1. The highest BCUT2D eigenvalue weighted by Crippen LogP contribution is 2.18. The lowest BCUT2D eigenvalue weighted by molar-refractivity contribution is 0.151. The van der Waals surface area contributed by atoms with Crippen molar-refractivity contribution in [2.75, 3.05) is 13.6 Å². The van der Waals surface area contributed by atoms with Crippen LogP contribution in [0.5, 0.6) is 0 Å². The number of rotatable bonds is 4. The monoisotopic (exact) mass is 197 g/mol. The maximum Gasteiger partial charge on any atom is 0.263 e. The average molecular weight is 197 g/mol. The summed E-state index contributed by atoms with van der Waals surface area (Å²) in [6.45, 7) is 0.774. The van der Waals surface area contributed by atoms with Crippen LogP contribution in [0.1, 0.15) is 17.6 Å². The molecule has 0 aliphatic heterocycles. The summed E-state index contributed by atoms with van der Waals surface area (Å²) in [6.07, 6.45) is 1.45. The van der Waals surface area contributed by atoms with Gasteiger partial charge in [0.2, 0.25) is 0 Å². The van der Waals surface area contributed by atoms with Gasteiger partial charge in [0.25, 0.3) is 6.43 Å². The van der Waals surface area contributed by atoms with E-state index in [2.05, 4.69) is 5.32 Å². The van der Waals surface area contributed by atoms with Crippen LogP contribution in [0.3, 0.4) is 0 Å². The second-order valence-electron chi connectivity index (χ2n) is 2.93. The maximum atomic E-state index is 12.2. The summed E-state index contributed by atoms with van der Waals surface area (Å²) in [5.41, 5.74) is 1.00. The van der Waals surface area contributed by atoms with Gasteiger partial charge in [0, 0.05) is 12.1 Å². The zero-order valence-corrected chi connectivity index (χ0v) is 8.00. The second-order valence-corrected chi connectivity index (χ2v) is 2.93. The van der Waals surface area contributed by atoms with E-state index in [4.69, 9.17) is 0 Å². The summed E-state index contributed by atoms with van der Waals surface area (Å²) in [5.74, 6) is 0. The van der Waals surface area contributed by atoms with Crippen molar-refractivity contribution in [3.63, 3.8) is 0 Å². The first-order chi connectivity index (χ1) is 6.74. The SMILES string of the molecule is CNC/C=C/c1ccc(C(F)F)cc1. The highest BCUT2D eigenvalue weighted by molar-refractivity contribution is 5.49. The molecular formula is C11H13F2N. The Hall–Kier alpha value is -1.22. The number of nitrogens with one attached hydrogen (secondary N) is 1. The summed E-state index contributed by atoms with van der Waals surface area (Å²) in [6, 6.07) is 6.27. The Bertz CT molecular complexity index is 291. The summed E-state index contributed by atoms with van der Waals surface area (Å²) in [7, 11) is 1.85. The molecule has 0 bridgehead atoms. The van der Waals surface area contributed by atoms with Crippen molar-refractivity contribution in [3.8, 4) is 0 Å². The summed E-state index contributed by atoms with van der Waals surface area (Å²) in [4.78, 5) is 0. The van der Waals surface area contributed by atoms with Crippen LogP contribution in [-0.4, -0.2) is 13.6 Å². The molecule has 0 heterocycles. The molecule has 0 aliphatic carbocycles. The minimum atomic E-state index is -2.38. The molecule has 0 unspecified atom stereocenters. The quantitative estimate of drug-likeness (QED) is 0.782. The van der Waals surface area contributed by atoms with E-state index in [9.17, 15) is 8.78 Å². The summed E-state index contributed by atoms with van der Waals surface area (Å²) < 4.78 is 24.4. The molecule has 1 rings (SSSR count). The highest BCUT2D eigenvalue weighted by atomic mass is 19.3. The van der Waals surface area contributed by atoms with Gasteiger partial charge in [-0.05, 0) is 12.6 Å². The zero-order valence-electron chi connectivity index (χ0n) is 8.00. The van der Waals surface area contributed by atoms with E-state index in [1.54, 1.807) is 12.1 Å². The van der Waals surface area contributed by atoms with Gasteiger partial charge in [0.15, 0.2) is 0 Å². The van der Waals surface area contributed by atoms with E-state index >= 15 is 0 Å². The van der Waals surface area contributed by atoms with Crippen molar-refractivity contribution in [2.45, 2.75) is 6.43 Å². The molecule has 14 heavy (non-hydrogen) atoms. The third kappa shape index (κ3) is 3.26. The minimum absolute atomic E-state index is 0.0655. The van der Waals surface area contributed by atoms with E-state index in [1.807, 2.05) is 19.2 Å². The van der Waals surface area contributed by atoms with E-state index in [1.165, 1.54) is 12.1 Å². The molecule has 1 N–H and O–H groups in total. The number of alkyl halides is 2. The topological polar surface area (TPSA) is 12.0 Å². The third-order valence-electron chi connectivity index (χ3n) is 1.82. The average Bonchev–Trinajstić information content (AvgIpc) is 2.19. The number of benzene rings is 1. The van der Waals surface area contributed by atoms with Crippen molar-refractivity contribution in [1.29, 1.82) is 0 Å². The van der Waals surface area contributed by atoms with Crippen LogP contribution in [0.4, 0.5) is 8.78 Å². The van der Waals surface area contributed by atoms with Crippen LogP contribution in [-0.2, 0) is 0 Å². The molecule has 0 radical (unpaired) electrons. The molecule has 0 atom stereocenters. The predicted octanol–water partition coefficient (Wildman–Crippen LogP) is 2.86. The fraction of sp³-hybridized carbons (Fsp3) is 0.273. The Morgan fingerprint density at radius 2 is 1.93 bits per heavy atom. The number of halogens is 2. The molecule has 1 aromatic carbocycles. The normalized spacial score (nSPS) is 11.4. The molecule has 0 amide bonds. The molecule has 0 aromatic heterocycles. The van der Waals surface area contributed by atoms with Gasteiger partial charge in [-0.3, -0.25) is 0 Å². The van der Waals surface area contributed by atoms with E-state index in [-0.39, 0.29) is 5.56 Å². The van der Waals surface area contributed by atoms with E-state index in [0.29, 0.717) is 0 Å². The molecule has 0 fully saturated rings. The predicted molar refractivity (Wildman–Crippen MR) is 54.4 cm³/mol. The first kappa shape index (κ1) is 10.9. The Morgan fingerprint density at radius 3 is 2.43 bits per heavy atom. The highest BCUT2D eigenvalue weighted by Gasteiger charge is 2.04. The second kappa shape index (κ2) is 5.50. The number of hydrogen-bond acceptors (Lipinski definition) is 1. The molecule has 1 nitrogen and oxygen atoms in total. The molecule has 0 saturated carbocycles. The van der Waals surface area contributed by atoms with Crippen LogP contribution in [0, 0.1) is 0 Å². The first-order valence-electron chi connectivity index (χ1n) is 4.43. The maximum absolute atomic E-state index is 12.2. The van der Waals surface area contributed by atoms with Gasteiger partial charge in [0.05, 0.1) is 0 Å². The summed E-state index contributed by atoms with van der Waals surface area (Å²) >= 11 is 0. The van der Waals surface area contributed by atoms with Crippen molar-refractivity contribution < 1.29 is 8.78 Å². The molecule has 0 spiro atoms. The molecule has 0 saturated heterocycles. The standard InChI is InChI=1S/C11H13F2N/c1-14-8-2-3-9-4-6-10(7-5-9)11(12)13/h2-7,11,14H,8H2,1H3/b3-2+. The van der Waals surface area contributed by atoms with E-state index < -0.39 is 6.43 Å². The first-order valence-corrected chi connectivity index (χ1v) is 4.43. The Labute approximate surface area is 82.4 Å². The fourth-order valence-electron chi connectivity index (χ4n) is 1.07. The van der Waals surface area contributed by atoms with Gasteiger partial charge < -0.3 is 5.32 Å². The Balaban J connectivity index is 2.64. The van der Waals surface area contributed by atoms with Gasteiger partial charge in [-0.2, -0.15) is 0 Å². The lowest BCUT2D eigenvalue weighted by atomic mass is 10.1. The largest absolute Gasteiger partial charge is 0.316 e. The van der Waals surface area contributed by atoms with Crippen molar-refractivity contribution >= 4 is 6.08 Å². The molecular weight excluding hydrogens is 184 g/mol. The minimum Gasteiger partial charge on any atom is -0.316 e. The van der Waals surface area contributed by atoms with Crippen LogP contribution < -0.4 is 5.32 Å². The zero-order chi connectivity index (χ0) is 10.4. The van der Waals surface area contributed by atoms with Crippen molar-refractivity contribution in [1.82, 2.24) is 5.32 Å². The van der Waals surface area contributed by atoms with Gasteiger partial charge in [-0.25, -0.2) is 8.78 Å². The van der Waals surface area contributed by atoms with Crippen LogP contribution in [0.2, 0.25) is 0 Å². The van der Waals surface area contributed by atoms with Gasteiger partial charge in [0.1, 0.15) is 0 Å². The lowest BCUT2D eigenvalue weighted by Crippen LogP contribution is -2.03. The molecule has 3 heteroatoms. The third-order valence-corrected chi connectivity index (χ3v) is 1.82. The van der Waals surface area contributed by atoms with Gasteiger partial charge >= 0.3 is 0 Å². The fourth-order valence-corrected chi connectivity index (χ4v) is 1.07. The summed E-state index contributed by atoms with van der Waals surface area (Å²) in [5, 5.41) is 2.96. The smallest absolute Gasteiger partial charge is 0.263 e. The Kier molecular flexibility index (Phi) is 4.26. The molecule has 76 valence electrons. The Morgan fingerprint density at radius 1 is 1.29 bits per heavy atom. The molecule has 0 aliphatic rings. The van der Waals surface area contributed by atoms with Crippen LogP contribution in [0.15, 0.2) is 30.3 Å². The van der Waals surface area contributed by atoms with E-state index in [0.717, 1.165) is 12.1 Å². The van der Waals surface area contributed by atoms with Crippen molar-refractivity contribution in [3.05, 3.63) is 41.5 Å². The van der Waals surface area contributed by atoms with Crippen LogP contribution in [0.25, 0.3) is 6.08 Å². The lowest BCUT2D eigenvalue weighted by Gasteiger charge is -1.99. The van der Waals surface area contributed by atoms with Gasteiger partial charge in [-0.1, -0.05) is 36.4 Å². The molecule has 1 aromatic rings.